The summed E-state index contributed by atoms with van der Waals surface area (Å²) in [7, 11) is -3.71. The van der Waals surface area contributed by atoms with Crippen LogP contribution in [-0.4, -0.2) is 13.4 Å². The second kappa shape index (κ2) is 5.77. The molecule has 0 bridgehead atoms. The van der Waals surface area contributed by atoms with E-state index in [1.54, 1.807) is 12.1 Å². The molecule has 0 saturated carbocycles. The lowest BCUT2D eigenvalue weighted by atomic mass is 10.2. The highest BCUT2D eigenvalue weighted by molar-refractivity contribution is 9.10. The van der Waals surface area contributed by atoms with Gasteiger partial charge in [0.1, 0.15) is 10.7 Å². The van der Waals surface area contributed by atoms with Crippen LogP contribution >= 0.6 is 15.9 Å². The minimum atomic E-state index is -3.71. The molecule has 0 aliphatic heterocycles. The Morgan fingerprint density at radius 2 is 2.00 bits per heavy atom. The van der Waals surface area contributed by atoms with E-state index in [-0.39, 0.29) is 17.0 Å². The Labute approximate surface area is 118 Å². The number of rotatable bonds is 4. The first-order valence-corrected chi connectivity index (χ1v) is 7.60. The summed E-state index contributed by atoms with van der Waals surface area (Å²) in [5.41, 5.74) is 0.286. The first kappa shape index (κ1) is 14.1. The molecule has 1 aromatic carbocycles. The van der Waals surface area contributed by atoms with Gasteiger partial charge in [-0.25, -0.2) is 17.5 Å². The van der Waals surface area contributed by atoms with E-state index in [1.165, 1.54) is 30.6 Å². The molecule has 0 saturated heterocycles. The number of sulfonamides is 1. The van der Waals surface area contributed by atoms with Crippen molar-refractivity contribution < 1.29 is 12.8 Å². The van der Waals surface area contributed by atoms with Crippen molar-refractivity contribution in [3.63, 3.8) is 0 Å². The quantitative estimate of drug-likeness (QED) is 0.926. The molecular formula is C12H10BrFN2O2S. The second-order valence-electron chi connectivity index (χ2n) is 3.75. The molecule has 7 heteroatoms. The van der Waals surface area contributed by atoms with Crippen LogP contribution < -0.4 is 4.72 Å². The summed E-state index contributed by atoms with van der Waals surface area (Å²) in [5.74, 6) is -0.447. The maximum absolute atomic E-state index is 13.4. The summed E-state index contributed by atoms with van der Waals surface area (Å²) in [4.78, 5) is 3.81. The number of aromatic nitrogens is 1. The molecule has 4 nitrogen and oxygen atoms in total. The molecule has 100 valence electrons. The zero-order valence-electron chi connectivity index (χ0n) is 9.68. The lowest BCUT2D eigenvalue weighted by Gasteiger charge is -2.07. The zero-order valence-corrected chi connectivity index (χ0v) is 12.1. The van der Waals surface area contributed by atoms with Gasteiger partial charge in [0, 0.05) is 29.0 Å². The number of nitrogens with zero attached hydrogens (tertiary/aromatic N) is 1. The van der Waals surface area contributed by atoms with Gasteiger partial charge in [-0.05, 0) is 28.1 Å². The van der Waals surface area contributed by atoms with E-state index in [9.17, 15) is 12.8 Å². The van der Waals surface area contributed by atoms with Crippen LogP contribution in [0, 0.1) is 5.82 Å². The van der Waals surface area contributed by atoms with E-state index in [2.05, 4.69) is 25.6 Å². The van der Waals surface area contributed by atoms with Crippen molar-refractivity contribution >= 4 is 26.0 Å². The highest BCUT2D eigenvalue weighted by Crippen LogP contribution is 2.15. The zero-order chi connectivity index (χ0) is 13.9. The highest BCUT2D eigenvalue weighted by Gasteiger charge is 2.15. The van der Waals surface area contributed by atoms with Crippen LogP contribution in [0.3, 0.4) is 0 Å². The van der Waals surface area contributed by atoms with Gasteiger partial charge in [-0.2, -0.15) is 0 Å². The summed E-state index contributed by atoms with van der Waals surface area (Å²) >= 11 is 3.15. The summed E-state index contributed by atoms with van der Waals surface area (Å²) < 4.78 is 40.2. The summed E-state index contributed by atoms with van der Waals surface area (Å²) in [5, 5.41) is 0. The number of hydrogen-bond acceptors (Lipinski definition) is 3. The first-order chi connectivity index (χ1) is 8.99. The predicted octanol–water partition coefficient (Wildman–Crippen LogP) is 2.46. The Kier molecular flexibility index (Phi) is 4.28. The second-order valence-corrected chi connectivity index (χ2v) is 6.44. The van der Waals surface area contributed by atoms with E-state index >= 15 is 0 Å². The van der Waals surface area contributed by atoms with Gasteiger partial charge in [-0.1, -0.05) is 18.2 Å². The maximum Gasteiger partial charge on any atom is 0.242 e. The molecule has 0 spiro atoms. The van der Waals surface area contributed by atoms with Crippen molar-refractivity contribution in [2.75, 3.05) is 0 Å². The van der Waals surface area contributed by atoms with Gasteiger partial charge >= 0.3 is 0 Å². The van der Waals surface area contributed by atoms with Crippen LogP contribution in [0.4, 0.5) is 4.39 Å². The average molecular weight is 345 g/mol. The van der Waals surface area contributed by atoms with Crippen molar-refractivity contribution in [1.82, 2.24) is 9.71 Å². The lowest BCUT2D eigenvalue weighted by Crippen LogP contribution is -2.23. The molecule has 1 N–H and O–H groups in total. The van der Waals surface area contributed by atoms with E-state index < -0.39 is 15.8 Å². The Morgan fingerprint density at radius 3 is 2.68 bits per heavy atom. The van der Waals surface area contributed by atoms with Gasteiger partial charge in [-0.3, -0.25) is 4.98 Å². The molecule has 0 fully saturated rings. The van der Waals surface area contributed by atoms with E-state index in [1.807, 2.05) is 0 Å². The fraction of sp³-hybridized carbons (Fsp3) is 0.0833. The van der Waals surface area contributed by atoms with Crippen molar-refractivity contribution in [2.45, 2.75) is 11.4 Å². The fourth-order valence-electron chi connectivity index (χ4n) is 1.44. The SMILES string of the molecule is O=S(=O)(NCc1ccccc1F)c1cncc(Br)c1. The van der Waals surface area contributed by atoms with Crippen LogP contribution in [0.15, 0.2) is 52.1 Å². The van der Waals surface area contributed by atoms with Crippen LogP contribution in [0.1, 0.15) is 5.56 Å². The van der Waals surface area contributed by atoms with Crippen LogP contribution in [-0.2, 0) is 16.6 Å². The Bertz CT molecular complexity index is 692. The maximum atomic E-state index is 13.4. The molecule has 19 heavy (non-hydrogen) atoms. The fourth-order valence-corrected chi connectivity index (χ4v) is 2.95. The van der Waals surface area contributed by atoms with Crippen LogP contribution in [0.5, 0.6) is 0 Å². The first-order valence-electron chi connectivity index (χ1n) is 5.33. The monoisotopic (exact) mass is 344 g/mol. The summed E-state index contributed by atoms with van der Waals surface area (Å²) in [6.07, 6.45) is 2.71. The summed E-state index contributed by atoms with van der Waals surface area (Å²) in [6, 6.07) is 7.43. The molecule has 1 heterocycles. The third-order valence-electron chi connectivity index (χ3n) is 2.40. The molecule has 0 aliphatic rings. The molecule has 0 amide bonds. The largest absolute Gasteiger partial charge is 0.262 e. The van der Waals surface area contributed by atoms with Crippen molar-refractivity contribution in [2.24, 2.45) is 0 Å². The van der Waals surface area contributed by atoms with E-state index in [0.29, 0.717) is 4.47 Å². The average Bonchev–Trinajstić information content (AvgIpc) is 2.38. The van der Waals surface area contributed by atoms with E-state index in [0.717, 1.165) is 0 Å². The number of pyridine rings is 1. The van der Waals surface area contributed by atoms with Crippen molar-refractivity contribution in [1.29, 1.82) is 0 Å². The molecular weight excluding hydrogens is 335 g/mol. The molecule has 2 aromatic rings. The van der Waals surface area contributed by atoms with Gasteiger partial charge in [0.15, 0.2) is 0 Å². The van der Waals surface area contributed by atoms with Gasteiger partial charge in [0.25, 0.3) is 0 Å². The van der Waals surface area contributed by atoms with E-state index in [4.69, 9.17) is 0 Å². The minimum Gasteiger partial charge on any atom is -0.262 e. The minimum absolute atomic E-state index is 0.0261. The standard InChI is InChI=1S/C12H10BrFN2O2S/c13-10-5-11(8-15-7-10)19(17,18)16-6-9-3-1-2-4-12(9)14/h1-5,7-8,16H,6H2. The molecule has 0 radical (unpaired) electrons. The van der Waals surface area contributed by atoms with Gasteiger partial charge in [0.05, 0.1) is 0 Å². The van der Waals surface area contributed by atoms with Crippen LogP contribution in [0.25, 0.3) is 0 Å². The molecule has 1 aromatic heterocycles. The number of benzene rings is 1. The normalized spacial score (nSPS) is 11.5. The smallest absolute Gasteiger partial charge is 0.242 e. The summed E-state index contributed by atoms with van der Waals surface area (Å²) in [6.45, 7) is -0.110. The number of hydrogen-bond donors (Lipinski definition) is 1. The van der Waals surface area contributed by atoms with Gasteiger partial charge < -0.3 is 0 Å². The topological polar surface area (TPSA) is 59.1 Å². The number of halogens is 2. The van der Waals surface area contributed by atoms with Crippen molar-refractivity contribution in [3.8, 4) is 0 Å². The molecule has 2 rings (SSSR count). The Hall–Kier alpha value is -1.31. The third-order valence-corrected chi connectivity index (χ3v) is 4.20. The Balaban J connectivity index is 2.17. The van der Waals surface area contributed by atoms with Gasteiger partial charge in [0.2, 0.25) is 10.0 Å². The van der Waals surface area contributed by atoms with Crippen molar-refractivity contribution in [3.05, 3.63) is 58.6 Å². The predicted molar refractivity (Wildman–Crippen MR) is 72.4 cm³/mol. The molecule has 0 aliphatic carbocycles. The Morgan fingerprint density at radius 1 is 1.26 bits per heavy atom. The van der Waals surface area contributed by atoms with Crippen LogP contribution in [0.2, 0.25) is 0 Å². The molecule has 0 atom stereocenters. The lowest BCUT2D eigenvalue weighted by molar-refractivity contribution is 0.574. The highest BCUT2D eigenvalue weighted by atomic mass is 79.9. The number of nitrogens with one attached hydrogen (secondary N) is 1. The molecule has 0 unspecified atom stereocenters. The van der Waals surface area contributed by atoms with Gasteiger partial charge in [-0.15, -0.1) is 0 Å². The third kappa shape index (κ3) is 3.59.